The van der Waals surface area contributed by atoms with E-state index >= 15 is 0 Å². The molecule has 2 nitrogen and oxygen atoms in total. The van der Waals surface area contributed by atoms with Gasteiger partial charge in [0.25, 0.3) is 0 Å². The summed E-state index contributed by atoms with van der Waals surface area (Å²) in [5, 5.41) is 0. The molecule has 0 atom stereocenters. The van der Waals surface area contributed by atoms with E-state index in [-0.39, 0.29) is 23.0 Å². The Bertz CT molecular complexity index is 742. The van der Waals surface area contributed by atoms with Gasteiger partial charge < -0.3 is 9.47 Å². The molecule has 0 amide bonds. The van der Waals surface area contributed by atoms with E-state index in [1.165, 1.54) is 16.7 Å². The van der Waals surface area contributed by atoms with Crippen LogP contribution in [0.15, 0.2) is 36.4 Å². The summed E-state index contributed by atoms with van der Waals surface area (Å²) < 4.78 is 12.0. The Kier molecular flexibility index (Phi) is 6.53. The van der Waals surface area contributed by atoms with Crippen LogP contribution < -0.4 is 9.47 Å². The highest BCUT2D eigenvalue weighted by Crippen LogP contribution is 2.37. The van der Waals surface area contributed by atoms with Gasteiger partial charge in [0.05, 0.1) is 12.2 Å². The molecule has 0 saturated carbocycles. The van der Waals surface area contributed by atoms with Crippen LogP contribution in [0.4, 0.5) is 0 Å². The summed E-state index contributed by atoms with van der Waals surface area (Å²) in [5.74, 6) is 1.70. The van der Waals surface area contributed by atoms with Crippen LogP contribution in [0, 0.1) is 0 Å². The quantitative estimate of drug-likeness (QED) is 0.532. The third-order valence-electron chi connectivity index (χ3n) is 4.62. The van der Waals surface area contributed by atoms with Crippen molar-refractivity contribution in [1.82, 2.24) is 0 Å². The fourth-order valence-corrected chi connectivity index (χ4v) is 3.08. The first-order chi connectivity index (χ1) is 12.8. The van der Waals surface area contributed by atoms with Crippen LogP contribution in [0.5, 0.6) is 11.5 Å². The normalized spacial score (nSPS) is 12.6. The van der Waals surface area contributed by atoms with Crippen molar-refractivity contribution in [3.05, 3.63) is 47.5 Å². The predicted molar refractivity (Wildman–Crippen MR) is 121 cm³/mol. The number of ether oxygens (including phenoxy) is 2. The predicted octanol–water partition coefficient (Wildman–Crippen LogP) is 7.52. The van der Waals surface area contributed by atoms with Gasteiger partial charge >= 0.3 is 0 Å². The summed E-state index contributed by atoms with van der Waals surface area (Å²) in [4.78, 5) is 0. The van der Waals surface area contributed by atoms with Crippen LogP contribution in [0.3, 0.4) is 0 Å². The molecule has 28 heavy (non-hydrogen) atoms. The average Bonchev–Trinajstić information content (AvgIpc) is 2.51. The van der Waals surface area contributed by atoms with E-state index in [2.05, 4.69) is 71.9 Å². The zero-order chi connectivity index (χ0) is 21.3. The van der Waals surface area contributed by atoms with Crippen molar-refractivity contribution in [2.75, 3.05) is 0 Å². The number of hydrogen-bond acceptors (Lipinski definition) is 2. The van der Waals surface area contributed by atoms with Crippen LogP contribution >= 0.6 is 0 Å². The lowest BCUT2D eigenvalue weighted by Gasteiger charge is -2.26. The molecule has 0 saturated heterocycles. The van der Waals surface area contributed by atoms with E-state index in [1.54, 1.807) is 0 Å². The topological polar surface area (TPSA) is 18.5 Å². The minimum absolute atomic E-state index is 0.0827. The van der Waals surface area contributed by atoms with Crippen LogP contribution in [-0.2, 0) is 10.8 Å². The molecule has 154 valence electrons. The standard InChI is InChI=1S/C26H38O2/c1-17(2)27-23-13-20(14-24(16-23)28-18(3)4)19-11-21(25(5,6)7)15-22(12-19)26(8,9)10/h11-18H,1-10H3. The van der Waals surface area contributed by atoms with Gasteiger partial charge in [-0.15, -0.1) is 0 Å². The van der Waals surface area contributed by atoms with E-state index in [9.17, 15) is 0 Å². The van der Waals surface area contributed by atoms with Gasteiger partial charge in [0.15, 0.2) is 0 Å². The molecule has 0 unspecified atom stereocenters. The van der Waals surface area contributed by atoms with Crippen molar-refractivity contribution in [3.63, 3.8) is 0 Å². The third-order valence-corrected chi connectivity index (χ3v) is 4.62. The summed E-state index contributed by atoms with van der Waals surface area (Å²) in [6, 6.07) is 13.2. The second-order valence-corrected chi connectivity index (χ2v) is 10.3. The van der Waals surface area contributed by atoms with Crippen molar-refractivity contribution < 1.29 is 9.47 Å². The summed E-state index contributed by atoms with van der Waals surface area (Å²) in [7, 11) is 0. The molecule has 2 heteroatoms. The zero-order valence-electron chi connectivity index (χ0n) is 19.4. The highest BCUT2D eigenvalue weighted by atomic mass is 16.5. The van der Waals surface area contributed by atoms with Crippen molar-refractivity contribution >= 4 is 0 Å². The molecule has 0 aliphatic heterocycles. The third kappa shape index (κ3) is 6.02. The molecule has 0 heterocycles. The molecule has 0 fully saturated rings. The second-order valence-electron chi connectivity index (χ2n) is 10.3. The maximum atomic E-state index is 6.01. The fraction of sp³-hybridized carbons (Fsp3) is 0.538. The lowest BCUT2D eigenvalue weighted by molar-refractivity contribution is 0.229. The molecule has 0 aliphatic carbocycles. The largest absolute Gasteiger partial charge is 0.491 e. The monoisotopic (exact) mass is 382 g/mol. The Morgan fingerprint density at radius 1 is 0.536 bits per heavy atom. The lowest BCUT2D eigenvalue weighted by Crippen LogP contribution is -2.16. The molecule has 2 aromatic carbocycles. The van der Waals surface area contributed by atoms with E-state index in [4.69, 9.17) is 9.47 Å². The molecule has 0 aromatic heterocycles. The molecule has 0 spiro atoms. The van der Waals surface area contributed by atoms with E-state index < -0.39 is 0 Å². The van der Waals surface area contributed by atoms with Gasteiger partial charge in [-0.3, -0.25) is 0 Å². The summed E-state index contributed by atoms with van der Waals surface area (Å²) in [5.41, 5.74) is 5.19. The zero-order valence-corrected chi connectivity index (χ0v) is 19.4. The average molecular weight is 383 g/mol. The van der Waals surface area contributed by atoms with Crippen molar-refractivity contribution in [2.24, 2.45) is 0 Å². The minimum atomic E-state index is 0.0827. The maximum Gasteiger partial charge on any atom is 0.123 e. The number of rotatable bonds is 5. The first kappa shape index (κ1) is 22.3. The Labute approximate surface area is 172 Å². The molecule has 0 radical (unpaired) electrons. The second kappa shape index (κ2) is 8.19. The maximum absolute atomic E-state index is 6.01. The highest BCUT2D eigenvalue weighted by molar-refractivity contribution is 5.69. The van der Waals surface area contributed by atoms with Gasteiger partial charge in [0, 0.05) is 6.07 Å². The summed E-state index contributed by atoms with van der Waals surface area (Å²) >= 11 is 0. The van der Waals surface area contributed by atoms with Gasteiger partial charge in [0.1, 0.15) is 11.5 Å². The van der Waals surface area contributed by atoms with Crippen LogP contribution in [0.2, 0.25) is 0 Å². The van der Waals surface area contributed by atoms with E-state index in [0.29, 0.717) is 0 Å². The Morgan fingerprint density at radius 2 is 0.893 bits per heavy atom. The first-order valence-electron chi connectivity index (χ1n) is 10.4. The van der Waals surface area contributed by atoms with Crippen LogP contribution in [0.25, 0.3) is 11.1 Å². The van der Waals surface area contributed by atoms with Crippen LogP contribution in [-0.4, -0.2) is 12.2 Å². The van der Waals surface area contributed by atoms with E-state index in [1.807, 2.05) is 33.8 Å². The number of hydrogen-bond donors (Lipinski definition) is 0. The molecule has 2 rings (SSSR count). The molecule has 2 aromatic rings. The van der Waals surface area contributed by atoms with Gasteiger partial charge in [-0.1, -0.05) is 59.7 Å². The first-order valence-corrected chi connectivity index (χ1v) is 10.4. The molecule has 0 aliphatic rings. The SMILES string of the molecule is CC(C)Oc1cc(OC(C)C)cc(-c2cc(C(C)(C)C)cc(C(C)(C)C)c2)c1. The Morgan fingerprint density at radius 3 is 1.21 bits per heavy atom. The lowest BCUT2D eigenvalue weighted by atomic mass is 9.79. The Balaban J connectivity index is 2.67. The molecular weight excluding hydrogens is 344 g/mol. The molecule has 0 bridgehead atoms. The van der Waals surface area contributed by atoms with Crippen molar-refractivity contribution in [3.8, 4) is 22.6 Å². The fourth-order valence-electron chi connectivity index (χ4n) is 3.08. The van der Waals surface area contributed by atoms with Crippen LogP contribution in [0.1, 0.15) is 80.4 Å². The molecule has 0 N–H and O–H groups in total. The van der Waals surface area contributed by atoms with Crippen molar-refractivity contribution in [2.45, 2.75) is 92.3 Å². The Hall–Kier alpha value is -1.96. The summed E-state index contributed by atoms with van der Waals surface area (Å²) in [6.45, 7) is 21.8. The van der Waals surface area contributed by atoms with Gasteiger partial charge in [0.2, 0.25) is 0 Å². The van der Waals surface area contributed by atoms with Gasteiger partial charge in [-0.2, -0.15) is 0 Å². The highest BCUT2D eigenvalue weighted by Gasteiger charge is 2.21. The minimum Gasteiger partial charge on any atom is -0.491 e. The van der Waals surface area contributed by atoms with Gasteiger partial charge in [-0.05, 0) is 72.9 Å². The molecular formula is C26H38O2. The van der Waals surface area contributed by atoms with E-state index in [0.717, 1.165) is 17.1 Å². The van der Waals surface area contributed by atoms with Gasteiger partial charge in [-0.25, -0.2) is 0 Å². The number of benzene rings is 2. The van der Waals surface area contributed by atoms with Crippen molar-refractivity contribution in [1.29, 1.82) is 0 Å². The summed E-state index contributed by atoms with van der Waals surface area (Å²) in [6.07, 6.45) is 0.237. The smallest absolute Gasteiger partial charge is 0.123 e.